The van der Waals surface area contributed by atoms with Gasteiger partial charge >= 0.3 is 0 Å². The zero-order chi connectivity index (χ0) is 21.1. The minimum Gasteiger partial charge on any atom is -0.328 e. The van der Waals surface area contributed by atoms with Gasteiger partial charge in [0.15, 0.2) is 5.69 Å². The molecule has 3 aromatic rings. The lowest BCUT2D eigenvalue weighted by Gasteiger charge is -2.32. The molecule has 7 heteroatoms. The SMILES string of the molecule is CC(C)Cn1nc(C(=O)N2CC[NH+](Cc3ccncc3)CC2)c2ccccc2c1=O. The Labute approximate surface area is 175 Å². The van der Waals surface area contributed by atoms with Gasteiger partial charge in [-0.05, 0) is 24.1 Å². The van der Waals surface area contributed by atoms with Crippen LogP contribution in [0.4, 0.5) is 0 Å². The normalized spacial score (nSPS) is 15.1. The van der Waals surface area contributed by atoms with E-state index in [9.17, 15) is 9.59 Å². The molecule has 7 nitrogen and oxygen atoms in total. The van der Waals surface area contributed by atoms with Crippen LogP contribution in [-0.4, -0.2) is 51.8 Å². The molecule has 0 bridgehead atoms. The van der Waals surface area contributed by atoms with E-state index in [-0.39, 0.29) is 17.4 Å². The van der Waals surface area contributed by atoms with Crippen LogP contribution in [0, 0.1) is 5.92 Å². The number of nitrogens with zero attached hydrogens (tertiary/aromatic N) is 4. The smallest absolute Gasteiger partial charge is 0.275 e. The molecule has 1 N–H and O–H groups in total. The Morgan fingerprint density at radius 1 is 1.07 bits per heavy atom. The summed E-state index contributed by atoms with van der Waals surface area (Å²) in [7, 11) is 0. The third-order valence-corrected chi connectivity index (χ3v) is 5.57. The van der Waals surface area contributed by atoms with Crippen molar-refractivity contribution in [1.29, 1.82) is 0 Å². The number of fused-ring (bicyclic) bond motifs is 1. The van der Waals surface area contributed by atoms with Gasteiger partial charge in [-0.3, -0.25) is 14.6 Å². The summed E-state index contributed by atoms with van der Waals surface area (Å²) in [5, 5.41) is 5.69. The molecule has 3 heterocycles. The third-order valence-electron chi connectivity index (χ3n) is 5.57. The Bertz CT molecular complexity index is 1090. The van der Waals surface area contributed by atoms with Crippen molar-refractivity contribution >= 4 is 16.7 Å². The fourth-order valence-corrected chi connectivity index (χ4v) is 4.00. The van der Waals surface area contributed by atoms with Crippen LogP contribution in [0.2, 0.25) is 0 Å². The first-order valence-corrected chi connectivity index (χ1v) is 10.5. The Hall–Kier alpha value is -3.06. The van der Waals surface area contributed by atoms with Crippen LogP contribution in [0.3, 0.4) is 0 Å². The second-order valence-electron chi connectivity index (χ2n) is 8.35. The fourth-order valence-electron chi connectivity index (χ4n) is 4.00. The molecule has 2 aromatic heterocycles. The summed E-state index contributed by atoms with van der Waals surface area (Å²) >= 11 is 0. The third kappa shape index (κ3) is 4.26. The number of hydrogen-bond donors (Lipinski definition) is 1. The number of rotatable bonds is 5. The van der Waals surface area contributed by atoms with E-state index in [2.05, 4.69) is 10.1 Å². The molecule has 4 rings (SSSR count). The maximum Gasteiger partial charge on any atom is 0.275 e. The minimum atomic E-state index is -0.137. The van der Waals surface area contributed by atoms with Crippen molar-refractivity contribution < 1.29 is 9.69 Å². The summed E-state index contributed by atoms with van der Waals surface area (Å²) in [6, 6.07) is 11.4. The van der Waals surface area contributed by atoms with Gasteiger partial charge in [-0.25, -0.2) is 4.68 Å². The number of aromatic nitrogens is 3. The van der Waals surface area contributed by atoms with E-state index in [1.807, 2.05) is 61.5 Å². The van der Waals surface area contributed by atoms with Crippen LogP contribution in [0.1, 0.15) is 29.9 Å². The van der Waals surface area contributed by atoms with E-state index in [4.69, 9.17) is 0 Å². The highest BCUT2D eigenvalue weighted by atomic mass is 16.2. The highest BCUT2D eigenvalue weighted by molar-refractivity contribution is 6.04. The first-order chi connectivity index (χ1) is 14.5. The highest BCUT2D eigenvalue weighted by Gasteiger charge is 2.27. The van der Waals surface area contributed by atoms with Crippen molar-refractivity contribution in [3.8, 4) is 0 Å². The Balaban J connectivity index is 1.55. The number of quaternary nitrogens is 1. The zero-order valence-electron chi connectivity index (χ0n) is 17.5. The molecule has 30 heavy (non-hydrogen) atoms. The molecule has 0 unspecified atom stereocenters. The lowest BCUT2D eigenvalue weighted by molar-refractivity contribution is -0.917. The predicted molar refractivity (Wildman–Crippen MR) is 115 cm³/mol. The number of carbonyl (C=O) groups is 1. The lowest BCUT2D eigenvalue weighted by atomic mass is 10.1. The summed E-state index contributed by atoms with van der Waals surface area (Å²) in [6.45, 7) is 8.64. The van der Waals surface area contributed by atoms with E-state index >= 15 is 0 Å². The second kappa shape index (κ2) is 8.75. The molecule has 0 aliphatic carbocycles. The minimum absolute atomic E-state index is 0.0910. The fraction of sp³-hybridized carbons (Fsp3) is 0.391. The molecule has 1 aromatic carbocycles. The number of nitrogens with one attached hydrogen (secondary N) is 1. The quantitative estimate of drug-likeness (QED) is 0.686. The summed E-state index contributed by atoms with van der Waals surface area (Å²) < 4.78 is 1.45. The van der Waals surface area contributed by atoms with Gasteiger partial charge in [-0.1, -0.05) is 32.0 Å². The molecule has 0 saturated carbocycles. The van der Waals surface area contributed by atoms with Crippen LogP contribution in [0.25, 0.3) is 10.8 Å². The van der Waals surface area contributed by atoms with Gasteiger partial charge in [0.05, 0.1) is 31.6 Å². The average molecular weight is 407 g/mol. The van der Waals surface area contributed by atoms with Gasteiger partial charge in [0, 0.05) is 29.9 Å². The molecule has 0 spiro atoms. The molecular formula is C23H28N5O2+. The van der Waals surface area contributed by atoms with Crippen LogP contribution in [-0.2, 0) is 13.1 Å². The number of carbonyl (C=O) groups excluding carboxylic acids is 1. The van der Waals surface area contributed by atoms with E-state index in [0.29, 0.717) is 36.1 Å². The Morgan fingerprint density at radius 3 is 2.40 bits per heavy atom. The van der Waals surface area contributed by atoms with Gasteiger partial charge in [-0.15, -0.1) is 0 Å². The number of pyridine rings is 1. The maximum absolute atomic E-state index is 13.4. The number of hydrogen-bond acceptors (Lipinski definition) is 4. The zero-order valence-corrected chi connectivity index (χ0v) is 17.5. The number of piperazine rings is 1. The topological polar surface area (TPSA) is 72.5 Å². The van der Waals surface area contributed by atoms with Crippen LogP contribution >= 0.6 is 0 Å². The van der Waals surface area contributed by atoms with Crippen molar-refractivity contribution in [2.75, 3.05) is 26.2 Å². The maximum atomic E-state index is 13.4. The summed E-state index contributed by atoms with van der Waals surface area (Å²) in [5.41, 5.74) is 1.50. The Morgan fingerprint density at radius 2 is 1.73 bits per heavy atom. The first-order valence-electron chi connectivity index (χ1n) is 10.5. The van der Waals surface area contributed by atoms with Crippen molar-refractivity contribution in [1.82, 2.24) is 19.7 Å². The van der Waals surface area contributed by atoms with Crippen molar-refractivity contribution in [2.45, 2.75) is 26.9 Å². The van der Waals surface area contributed by atoms with Crippen molar-refractivity contribution in [2.24, 2.45) is 5.92 Å². The first kappa shape index (κ1) is 20.2. The van der Waals surface area contributed by atoms with Gasteiger partial charge in [0.25, 0.3) is 11.5 Å². The Kier molecular flexibility index (Phi) is 5.90. The standard InChI is InChI=1S/C23H27N5O2/c1-17(2)15-28-22(29)20-6-4-3-5-19(20)21(25-28)23(30)27-13-11-26(12-14-27)16-18-7-9-24-10-8-18/h3-10,17H,11-16H2,1-2H3/p+1. The van der Waals surface area contributed by atoms with Gasteiger partial charge < -0.3 is 9.80 Å². The molecular weight excluding hydrogens is 378 g/mol. The molecule has 1 amide bonds. The molecule has 0 atom stereocenters. The van der Waals surface area contributed by atoms with Crippen molar-refractivity contribution in [3.05, 3.63) is 70.4 Å². The van der Waals surface area contributed by atoms with Crippen molar-refractivity contribution in [3.63, 3.8) is 0 Å². The largest absolute Gasteiger partial charge is 0.328 e. The van der Waals surface area contributed by atoms with Crippen LogP contribution in [0.5, 0.6) is 0 Å². The molecule has 0 radical (unpaired) electrons. The molecule has 1 aliphatic rings. The van der Waals surface area contributed by atoms with E-state index < -0.39 is 0 Å². The van der Waals surface area contributed by atoms with E-state index in [0.717, 1.165) is 19.6 Å². The monoisotopic (exact) mass is 406 g/mol. The summed E-state index contributed by atoms with van der Waals surface area (Å²) in [4.78, 5) is 33.5. The van der Waals surface area contributed by atoms with Gasteiger partial charge in [-0.2, -0.15) is 5.10 Å². The average Bonchev–Trinajstić information content (AvgIpc) is 2.76. The molecule has 1 saturated heterocycles. The number of benzene rings is 1. The van der Waals surface area contributed by atoms with Gasteiger partial charge in [0.1, 0.15) is 6.54 Å². The highest BCUT2D eigenvalue weighted by Crippen LogP contribution is 2.16. The van der Waals surface area contributed by atoms with E-state index in [1.165, 1.54) is 15.1 Å². The molecule has 1 aliphatic heterocycles. The summed E-state index contributed by atoms with van der Waals surface area (Å²) in [6.07, 6.45) is 3.63. The molecule has 156 valence electrons. The predicted octanol–water partition coefficient (Wildman–Crippen LogP) is 0.988. The van der Waals surface area contributed by atoms with Gasteiger partial charge in [0.2, 0.25) is 0 Å². The lowest BCUT2D eigenvalue weighted by Crippen LogP contribution is -3.13. The second-order valence-corrected chi connectivity index (χ2v) is 8.35. The van der Waals surface area contributed by atoms with Crippen LogP contribution in [0.15, 0.2) is 53.6 Å². The number of amides is 1. The molecule has 1 fully saturated rings. The van der Waals surface area contributed by atoms with Crippen LogP contribution < -0.4 is 10.5 Å². The summed E-state index contributed by atoms with van der Waals surface area (Å²) in [5.74, 6) is 0.173. The van der Waals surface area contributed by atoms with E-state index in [1.54, 1.807) is 6.07 Å².